The van der Waals surface area contributed by atoms with Gasteiger partial charge >= 0.3 is 6.18 Å². The number of carbonyl (C=O) groups is 1. The molecule has 0 amide bonds. The molecule has 7 heteroatoms. The molecule has 2 aromatic carbocycles. The van der Waals surface area contributed by atoms with Crippen molar-refractivity contribution in [2.75, 3.05) is 0 Å². The van der Waals surface area contributed by atoms with Gasteiger partial charge in [0.1, 0.15) is 11.6 Å². The normalized spacial score (nSPS) is 11.5. The third-order valence-corrected chi connectivity index (χ3v) is 3.35. The van der Waals surface area contributed by atoms with Gasteiger partial charge in [0.05, 0.1) is 5.56 Å². The van der Waals surface area contributed by atoms with Gasteiger partial charge in [-0.05, 0) is 30.3 Å². The highest BCUT2D eigenvalue weighted by molar-refractivity contribution is 9.10. The van der Waals surface area contributed by atoms with Gasteiger partial charge < -0.3 is 0 Å². The molecule has 0 fully saturated rings. The predicted octanol–water partition coefficient (Wildman–Crippen LogP) is 4.98. The van der Waals surface area contributed by atoms with Crippen LogP contribution < -0.4 is 0 Å². The van der Waals surface area contributed by atoms with Crippen LogP contribution in [0.5, 0.6) is 0 Å². The Bertz CT molecular complexity index is 689. The topological polar surface area (TPSA) is 17.1 Å². The molecule has 0 bridgehead atoms. The summed E-state index contributed by atoms with van der Waals surface area (Å²) in [5, 5.41) is 0. The zero-order chi connectivity index (χ0) is 15.8. The lowest BCUT2D eigenvalue weighted by molar-refractivity contribution is -0.138. The van der Waals surface area contributed by atoms with Gasteiger partial charge in [-0.15, -0.1) is 0 Å². The van der Waals surface area contributed by atoms with Gasteiger partial charge in [0.15, 0.2) is 5.78 Å². The molecule has 0 radical (unpaired) electrons. The molecule has 110 valence electrons. The van der Waals surface area contributed by atoms with E-state index in [0.717, 1.165) is 24.3 Å². The molecule has 0 spiro atoms. The molecule has 0 heterocycles. The van der Waals surface area contributed by atoms with Crippen molar-refractivity contribution in [3.05, 3.63) is 69.2 Å². The molecule has 0 saturated carbocycles. The van der Waals surface area contributed by atoms with E-state index in [9.17, 15) is 26.7 Å². The number of hydrogen-bond acceptors (Lipinski definition) is 1. The Kier molecular flexibility index (Phi) is 4.13. The van der Waals surface area contributed by atoms with Gasteiger partial charge in [0, 0.05) is 21.7 Å². The lowest BCUT2D eigenvalue weighted by Gasteiger charge is -2.11. The first-order valence-electron chi connectivity index (χ1n) is 5.56. The summed E-state index contributed by atoms with van der Waals surface area (Å²) in [5.41, 5.74) is -1.70. The van der Waals surface area contributed by atoms with E-state index in [2.05, 4.69) is 15.9 Å². The van der Waals surface area contributed by atoms with Crippen molar-refractivity contribution in [3.8, 4) is 0 Å². The number of halogens is 6. The molecule has 0 unspecified atom stereocenters. The summed E-state index contributed by atoms with van der Waals surface area (Å²) in [6.45, 7) is 0. The third-order valence-electron chi connectivity index (χ3n) is 2.66. The van der Waals surface area contributed by atoms with E-state index in [1.807, 2.05) is 0 Å². The average molecular weight is 365 g/mol. The standard InChI is InChI=1S/C14H6BrF5O/c15-12-2-1-7(5-11(12)14(18,19)20)13(21)8-3-9(16)6-10(17)4-8/h1-6H. The fourth-order valence-corrected chi connectivity index (χ4v) is 2.21. The maximum absolute atomic E-state index is 13.1. The summed E-state index contributed by atoms with van der Waals surface area (Å²) < 4.78 is 64.2. The van der Waals surface area contributed by atoms with E-state index in [1.54, 1.807) is 0 Å². The molecule has 0 N–H and O–H groups in total. The Morgan fingerprint density at radius 3 is 2.00 bits per heavy atom. The maximum Gasteiger partial charge on any atom is 0.417 e. The minimum atomic E-state index is -4.65. The average Bonchev–Trinajstić information content (AvgIpc) is 2.36. The summed E-state index contributed by atoms with van der Waals surface area (Å²) in [6, 6.07) is 4.94. The van der Waals surface area contributed by atoms with Crippen LogP contribution in [0.3, 0.4) is 0 Å². The first kappa shape index (κ1) is 15.6. The minimum absolute atomic E-state index is 0.225. The number of alkyl halides is 3. The van der Waals surface area contributed by atoms with E-state index >= 15 is 0 Å². The Morgan fingerprint density at radius 1 is 0.905 bits per heavy atom. The van der Waals surface area contributed by atoms with Crippen LogP contribution >= 0.6 is 15.9 Å². The number of carbonyl (C=O) groups excluding carboxylic acids is 1. The van der Waals surface area contributed by atoms with Crippen LogP contribution in [0.4, 0.5) is 22.0 Å². The number of ketones is 1. The largest absolute Gasteiger partial charge is 0.417 e. The van der Waals surface area contributed by atoms with Crippen LogP contribution in [0.2, 0.25) is 0 Å². The van der Waals surface area contributed by atoms with Gasteiger partial charge in [0.2, 0.25) is 0 Å². The van der Waals surface area contributed by atoms with Crippen LogP contribution in [0.25, 0.3) is 0 Å². The fraction of sp³-hybridized carbons (Fsp3) is 0.0714. The quantitative estimate of drug-likeness (QED) is 0.542. The van der Waals surface area contributed by atoms with Crippen molar-refractivity contribution in [1.29, 1.82) is 0 Å². The van der Waals surface area contributed by atoms with Crippen LogP contribution in [0.15, 0.2) is 40.9 Å². The SMILES string of the molecule is O=C(c1cc(F)cc(F)c1)c1ccc(Br)c(C(F)(F)F)c1. The second-order valence-corrected chi connectivity index (χ2v) is 5.03. The van der Waals surface area contributed by atoms with Crippen molar-refractivity contribution in [3.63, 3.8) is 0 Å². The smallest absolute Gasteiger partial charge is 0.289 e. The van der Waals surface area contributed by atoms with Crippen LogP contribution in [0, 0.1) is 11.6 Å². The minimum Gasteiger partial charge on any atom is -0.289 e. The molecule has 0 saturated heterocycles. The Labute approximate surface area is 124 Å². The second-order valence-electron chi connectivity index (χ2n) is 4.18. The highest BCUT2D eigenvalue weighted by atomic mass is 79.9. The first-order chi connectivity index (χ1) is 9.68. The van der Waals surface area contributed by atoms with E-state index in [-0.39, 0.29) is 15.6 Å². The van der Waals surface area contributed by atoms with Crippen molar-refractivity contribution in [2.45, 2.75) is 6.18 Å². The monoisotopic (exact) mass is 364 g/mol. The van der Waals surface area contributed by atoms with E-state index in [4.69, 9.17) is 0 Å². The van der Waals surface area contributed by atoms with Gasteiger partial charge in [-0.1, -0.05) is 15.9 Å². The van der Waals surface area contributed by atoms with Crippen molar-refractivity contribution < 1.29 is 26.7 Å². The third kappa shape index (κ3) is 3.47. The van der Waals surface area contributed by atoms with E-state index < -0.39 is 29.2 Å². The van der Waals surface area contributed by atoms with Gasteiger partial charge in [0.25, 0.3) is 0 Å². The maximum atomic E-state index is 13.1. The summed E-state index contributed by atoms with van der Waals surface area (Å²) in [7, 11) is 0. The van der Waals surface area contributed by atoms with Crippen LogP contribution in [-0.2, 0) is 6.18 Å². The molecule has 0 aliphatic heterocycles. The molecule has 0 aromatic heterocycles. The molecule has 0 aliphatic rings. The molecule has 0 aliphatic carbocycles. The van der Waals surface area contributed by atoms with E-state index in [0.29, 0.717) is 12.1 Å². The van der Waals surface area contributed by atoms with E-state index in [1.165, 1.54) is 0 Å². The summed E-state index contributed by atoms with van der Waals surface area (Å²) in [5.74, 6) is -2.86. The van der Waals surface area contributed by atoms with Crippen molar-refractivity contribution in [2.24, 2.45) is 0 Å². The molecule has 0 atom stereocenters. The van der Waals surface area contributed by atoms with Gasteiger partial charge in [-0.3, -0.25) is 4.79 Å². The van der Waals surface area contributed by atoms with Crippen LogP contribution in [0.1, 0.15) is 21.5 Å². The fourth-order valence-electron chi connectivity index (χ4n) is 1.74. The predicted molar refractivity (Wildman–Crippen MR) is 68.9 cm³/mol. The highest BCUT2D eigenvalue weighted by Crippen LogP contribution is 2.35. The zero-order valence-electron chi connectivity index (χ0n) is 10.1. The lowest BCUT2D eigenvalue weighted by Crippen LogP contribution is -2.09. The summed E-state index contributed by atoms with van der Waals surface area (Å²) in [4.78, 5) is 12.0. The molecule has 1 nitrogen and oxygen atoms in total. The number of hydrogen-bond donors (Lipinski definition) is 0. The highest BCUT2D eigenvalue weighted by Gasteiger charge is 2.33. The summed E-state index contributed by atoms with van der Waals surface area (Å²) in [6.07, 6.45) is -4.65. The lowest BCUT2D eigenvalue weighted by atomic mass is 10.0. The Hall–Kier alpha value is -1.76. The van der Waals surface area contributed by atoms with Crippen LogP contribution in [-0.4, -0.2) is 5.78 Å². The summed E-state index contributed by atoms with van der Waals surface area (Å²) >= 11 is 2.74. The molecule has 2 aromatic rings. The van der Waals surface area contributed by atoms with Gasteiger partial charge in [-0.2, -0.15) is 13.2 Å². The molecular formula is C14H6BrF5O. The van der Waals surface area contributed by atoms with Crippen molar-refractivity contribution >= 4 is 21.7 Å². The molecule has 2 rings (SSSR count). The Morgan fingerprint density at radius 2 is 1.48 bits per heavy atom. The molecular weight excluding hydrogens is 359 g/mol. The zero-order valence-corrected chi connectivity index (χ0v) is 11.7. The number of rotatable bonds is 2. The molecule has 21 heavy (non-hydrogen) atoms. The first-order valence-corrected chi connectivity index (χ1v) is 6.35. The number of benzene rings is 2. The van der Waals surface area contributed by atoms with Gasteiger partial charge in [-0.25, -0.2) is 8.78 Å². The van der Waals surface area contributed by atoms with Crippen molar-refractivity contribution in [1.82, 2.24) is 0 Å². The second kappa shape index (κ2) is 5.55. The Balaban J connectivity index is 2.49.